The Labute approximate surface area is 115 Å². The average Bonchev–Trinajstić information content (AvgIpc) is 2.23. The molecule has 2 N–H and O–H groups in total. The van der Waals surface area contributed by atoms with Crippen molar-refractivity contribution in [3.63, 3.8) is 0 Å². The third-order valence-corrected chi connectivity index (χ3v) is 4.86. The zero-order valence-corrected chi connectivity index (χ0v) is 11.9. The second-order valence-electron chi connectivity index (χ2n) is 3.69. The molecule has 0 aliphatic carbocycles. The van der Waals surface area contributed by atoms with Crippen molar-refractivity contribution in [1.29, 1.82) is 0 Å². The predicted octanol–water partition coefficient (Wildman–Crippen LogP) is 2.05. The van der Waals surface area contributed by atoms with Crippen LogP contribution in [-0.2, 0) is 14.8 Å². The first-order chi connectivity index (χ1) is 8.16. The molecule has 18 heavy (non-hydrogen) atoms. The fraction of sp³-hybridized carbons (Fsp3) is 0.300. The zero-order valence-electron chi connectivity index (χ0n) is 9.57. The van der Waals surface area contributed by atoms with E-state index < -0.39 is 22.0 Å². The fourth-order valence-electron chi connectivity index (χ4n) is 1.22. The van der Waals surface area contributed by atoms with E-state index in [-0.39, 0.29) is 14.9 Å². The number of rotatable bonds is 4. The number of hydrogen-bond acceptors (Lipinski definition) is 3. The van der Waals surface area contributed by atoms with Crippen molar-refractivity contribution in [3.8, 4) is 0 Å². The van der Waals surface area contributed by atoms with Crippen LogP contribution >= 0.6 is 23.2 Å². The van der Waals surface area contributed by atoms with Gasteiger partial charge in [-0.3, -0.25) is 4.79 Å². The van der Waals surface area contributed by atoms with E-state index in [0.717, 1.165) is 0 Å². The Hall–Kier alpha value is -0.820. The molecule has 8 heteroatoms. The van der Waals surface area contributed by atoms with Crippen molar-refractivity contribution in [2.24, 2.45) is 0 Å². The zero-order chi connectivity index (χ0) is 14.1. The molecule has 5 nitrogen and oxygen atoms in total. The molecule has 1 aromatic carbocycles. The Bertz CT molecular complexity index is 586. The molecular formula is C10H11Cl2NO4S. The first-order valence-corrected chi connectivity index (χ1v) is 7.10. The van der Waals surface area contributed by atoms with Crippen LogP contribution in [-0.4, -0.2) is 25.5 Å². The summed E-state index contributed by atoms with van der Waals surface area (Å²) in [6.07, 6.45) is 0. The van der Waals surface area contributed by atoms with E-state index in [2.05, 4.69) is 0 Å². The minimum atomic E-state index is -4.08. The lowest BCUT2D eigenvalue weighted by Crippen LogP contribution is -2.38. The van der Waals surface area contributed by atoms with Crippen LogP contribution in [0.15, 0.2) is 17.0 Å². The number of carbonyl (C=O) groups is 1. The first kappa shape index (κ1) is 15.2. The highest BCUT2D eigenvalue weighted by Crippen LogP contribution is 2.31. The number of halogens is 2. The maximum absolute atomic E-state index is 12.0. The third-order valence-electron chi connectivity index (χ3n) is 2.21. The maximum atomic E-state index is 12.0. The van der Waals surface area contributed by atoms with Gasteiger partial charge in [0.25, 0.3) is 0 Å². The van der Waals surface area contributed by atoms with Crippen LogP contribution in [0.3, 0.4) is 0 Å². The summed E-state index contributed by atoms with van der Waals surface area (Å²) < 4.78 is 26.0. The topological polar surface area (TPSA) is 83.5 Å². The number of hydrogen-bond donors (Lipinski definition) is 2. The van der Waals surface area contributed by atoms with Crippen molar-refractivity contribution in [2.75, 3.05) is 0 Å². The highest BCUT2D eigenvalue weighted by Gasteiger charge is 2.26. The Balaban J connectivity index is 3.29. The number of carboxylic acids is 1. The van der Waals surface area contributed by atoms with Crippen LogP contribution in [0, 0.1) is 6.92 Å². The standard InChI is InChI=1S/C10H11Cl2NO4S/c1-5-3-4-7(11)9(8(5)12)18(16,17)13-6(2)10(14)15/h3-4,6,13H,1-2H3,(H,14,15)/t6-/m1/s1. The predicted molar refractivity (Wildman–Crippen MR) is 68.6 cm³/mol. The minimum absolute atomic E-state index is 0.0208. The third kappa shape index (κ3) is 3.14. The smallest absolute Gasteiger partial charge is 0.321 e. The summed E-state index contributed by atoms with van der Waals surface area (Å²) in [6, 6.07) is 1.69. The molecule has 0 spiro atoms. The average molecular weight is 312 g/mol. The number of aliphatic carboxylic acids is 1. The van der Waals surface area contributed by atoms with Crippen LogP contribution in [0.25, 0.3) is 0 Å². The van der Waals surface area contributed by atoms with Gasteiger partial charge in [-0.25, -0.2) is 8.42 Å². The van der Waals surface area contributed by atoms with Gasteiger partial charge in [0.2, 0.25) is 10.0 Å². The Morgan fingerprint density at radius 3 is 2.44 bits per heavy atom. The largest absolute Gasteiger partial charge is 0.480 e. The Morgan fingerprint density at radius 2 is 1.94 bits per heavy atom. The van der Waals surface area contributed by atoms with Gasteiger partial charge < -0.3 is 5.11 Å². The monoisotopic (exact) mass is 311 g/mol. The summed E-state index contributed by atoms with van der Waals surface area (Å²) in [7, 11) is -4.08. The molecule has 0 heterocycles. The molecule has 0 aliphatic rings. The van der Waals surface area contributed by atoms with Crippen LogP contribution < -0.4 is 4.72 Å². The van der Waals surface area contributed by atoms with Gasteiger partial charge in [0.1, 0.15) is 10.9 Å². The SMILES string of the molecule is Cc1ccc(Cl)c(S(=O)(=O)N[C@H](C)C(=O)O)c1Cl. The highest BCUT2D eigenvalue weighted by atomic mass is 35.5. The van der Waals surface area contributed by atoms with E-state index >= 15 is 0 Å². The quantitative estimate of drug-likeness (QED) is 0.891. The van der Waals surface area contributed by atoms with Gasteiger partial charge >= 0.3 is 5.97 Å². The van der Waals surface area contributed by atoms with E-state index in [4.69, 9.17) is 28.3 Å². The second kappa shape index (κ2) is 5.44. The normalized spacial score (nSPS) is 13.3. The van der Waals surface area contributed by atoms with Crippen LogP contribution in [0.4, 0.5) is 0 Å². The van der Waals surface area contributed by atoms with Gasteiger partial charge in [0.15, 0.2) is 0 Å². The first-order valence-electron chi connectivity index (χ1n) is 4.86. The molecule has 0 aliphatic heterocycles. The summed E-state index contributed by atoms with van der Waals surface area (Å²) >= 11 is 11.7. The molecule has 100 valence electrons. The minimum Gasteiger partial charge on any atom is -0.480 e. The highest BCUT2D eigenvalue weighted by molar-refractivity contribution is 7.89. The van der Waals surface area contributed by atoms with Crippen molar-refractivity contribution in [3.05, 3.63) is 27.7 Å². The molecule has 1 rings (SSSR count). The van der Waals surface area contributed by atoms with E-state index in [1.54, 1.807) is 13.0 Å². The molecule has 0 aromatic heterocycles. The number of carboxylic acid groups (broad SMARTS) is 1. The molecule has 1 aromatic rings. The summed E-state index contributed by atoms with van der Waals surface area (Å²) in [5.41, 5.74) is 0.532. The number of sulfonamides is 1. The fourth-order valence-corrected chi connectivity index (χ4v) is 3.61. The van der Waals surface area contributed by atoms with Gasteiger partial charge in [-0.15, -0.1) is 0 Å². The maximum Gasteiger partial charge on any atom is 0.321 e. The Kier molecular flexibility index (Phi) is 4.61. The molecule has 0 amide bonds. The molecule has 0 radical (unpaired) electrons. The summed E-state index contributed by atoms with van der Waals surface area (Å²) in [6.45, 7) is 2.83. The number of nitrogens with one attached hydrogen (secondary N) is 1. The van der Waals surface area contributed by atoms with Crippen molar-refractivity contribution < 1.29 is 18.3 Å². The molecule has 0 saturated carbocycles. The van der Waals surface area contributed by atoms with Crippen molar-refractivity contribution >= 4 is 39.2 Å². The van der Waals surface area contributed by atoms with Gasteiger partial charge in [0, 0.05) is 0 Å². The molecule has 0 fully saturated rings. The lowest BCUT2D eigenvalue weighted by atomic mass is 10.2. The van der Waals surface area contributed by atoms with E-state index in [1.807, 2.05) is 4.72 Å². The lowest BCUT2D eigenvalue weighted by Gasteiger charge is -2.13. The molecule has 0 bridgehead atoms. The lowest BCUT2D eigenvalue weighted by molar-refractivity contribution is -0.138. The van der Waals surface area contributed by atoms with E-state index in [1.165, 1.54) is 13.0 Å². The van der Waals surface area contributed by atoms with Gasteiger partial charge in [-0.05, 0) is 25.5 Å². The van der Waals surface area contributed by atoms with E-state index in [9.17, 15) is 13.2 Å². The summed E-state index contributed by atoms with van der Waals surface area (Å²) in [5, 5.41) is 8.61. The summed E-state index contributed by atoms with van der Waals surface area (Å²) in [4.78, 5) is 10.3. The molecule has 0 saturated heterocycles. The van der Waals surface area contributed by atoms with Gasteiger partial charge in [0.05, 0.1) is 10.0 Å². The molecule has 1 atom stereocenters. The second-order valence-corrected chi connectivity index (χ2v) is 6.12. The number of aryl methyl sites for hydroxylation is 1. The van der Waals surface area contributed by atoms with Crippen LogP contribution in [0.1, 0.15) is 12.5 Å². The summed E-state index contributed by atoms with van der Waals surface area (Å²) in [5.74, 6) is -1.29. The Morgan fingerprint density at radius 1 is 1.39 bits per heavy atom. The van der Waals surface area contributed by atoms with Gasteiger partial charge in [-0.2, -0.15) is 4.72 Å². The molecule has 0 unspecified atom stereocenters. The molecular weight excluding hydrogens is 301 g/mol. The van der Waals surface area contributed by atoms with Crippen LogP contribution in [0.2, 0.25) is 10.0 Å². The van der Waals surface area contributed by atoms with E-state index in [0.29, 0.717) is 5.56 Å². The van der Waals surface area contributed by atoms with Gasteiger partial charge in [-0.1, -0.05) is 29.3 Å². The van der Waals surface area contributed by atoms with Crippen LogP contribution in [0.5, 0.6) is 0 Å². The number of benzene rings is 1. The van der Waals surface area contributed by atoms with Crippen molar-refractivity contribution in [1.82, 2.24) is 4.72 Å². The van der Waals surface area contributed by atoms with Crippen molar-refractivity contribution in [2.45, 2.75) is 24.8 Å².